The fourth-order valence-corrected chi connectivity index (χ4v) is 1.44. The molecular weight excluding hydrogens is 194 g/mol. The fraction of sp³-hybridized carbons (Fsp3) is 0.727. The summed E-state index contributed by atoms with van der Waals surface area (Å²) >= 11 is 0. The highest BCUT2D eigenvalue weighted by Gasteiger charge is 2.37. The molecule has 0 aromatic rings. The van der Waals surface area contributed by atoms with Crippen LogP contribution in [-0.2, 0) is 9.47 Å². The van der Waals surface area contributed by atoms with E-state index in [2.05, 4.69) is 6.58 Å². The third-order valence-corrected chi connectivity index (χ3v) is 2.22. The van der Waals surface area contributed by atoms with E-state index in [1.165, 1.54) is 0 Å². The summed E-state index contributed by atoms with van der Waals surface area (Å²) in [5.74, 6) is 0. The minimum Gasteiger partial charge on any atom is -0.442 e. The number of rotatable bonds is 4. The Bertz CT molecular complexity index is 245. The van der Waals surface area contributed by atoms with Crippen molar-refractivity contribution in [3.05, 3.63) is 12.7 Å². The van der Waals surface area contributed by atoms with Gasteiger partial charge in [0.2, 0.25) is 0 Å². The Morgan fingerprint density at radius 1 is 1.67 bits per heavy atom. The van der Waals surface area contributed by atoms with Gasteiger partial charge in [0.05, 0.1) is 19.8 Å². The monoisotopic (exact) mass is 213 g/mol. The molecule has 1 rings (SSSR count). The van der Waals surface area contributed by atoms with Crippen molar-refractivity contribution in [2.75, 3.05) is 19.8 Å². The van der Waals surface area contributed by atoms with Crippen LogP contribution >= 0.6 is 0 Å². The molecule has 4 heteroatoms. The summed E-state index contributed by atoms with van der Waals surface area (Å²) in [6.07, 6.45) is 1.27. The van der Waals surface area contributed by atoms with Gasteiger partial charge in [0, 0.05) is 5.54 Å². The molecule has 1 unspecified atom stereocenters. The first-order chi connectivity index (χ1) is 6.95. The van der Waals surface area contributed by atoms with Crippen LogP contribution in [0.3, 0.4) is 0 Å². The highest BCUT2D eigenvalue weighted by atomic mass is 16.6. The Hall–Kier alpha value is -1.03. The van der Waals surface area contributed by atoms with Crippen molar-refractivity contribution in [2.45, 2.75) is 32.4 Å². The molecule has 0 N–H and O–H groups in total. The van der Waals surface area contributed by atoms with E-state index < -0.39 is 0 Å². The highest BCUT2D eigenvalue weighted by Crippen LogP contribution is 2.21. The number of hydrogen-bond acceptors (Lipinski definition) is 3. The van der Waals surface area contributed by atoms with E-state index in [0.717, 1.165) is 0 Å². The Balaban J connectivity index is 2.42. The molecule has 0 aromatic heterocycles. The van der Waals surface area contributed by atoms with Crippen molar-refractivity contribution in [2.24, 2.45) is 0 Å². The predicted octanol–water partition coefficient (Wildman–Crippen LogP) is 1.81. The van der Waals surface area contributed by atoms with Gasteiger partial charge in [-0.1, -0.05) is 6.08 Å². The van der Waals surface area contributed by atoms with Crippen LogP contribution in [0.4, 0.5) is 4.79 Å². The van der Waals surface area contributed by atoms with Crippen LogP contribution in [0.1, 0.15) is 20.8 Å². The lowest BCUT2D eigenvalue weighted by molar-refractivity contribution is 0.0578. The number of amides is 1. The van der Waals surface area contributed by atoms with Crippen LogP contribution in [0.15, 0.2) is 12.7 Å². The van der Waals surface area contributed by atoms with Crippen molar-refractivity contribution >= 4 is 6.09 Å². The van der Waals surface area contributed by atoms with Gasteiger partial charge in [-0.3, -0.25) is 4.90 Å². The SMILES string of the molecule is C=CCOCC1CN(C(C)(C)C)C(=O)O1. The normalized spacial score (nSPS) is 21.7. The summed E-state index contributed by atoms with van der Waals surface area (Å²) in [6, 6.07) is 0. The summed E-state index contributed by atoms with van der Waals surface area (Å²) in [5.41, 5.74) is -0.190. The minimum atomic E-state index is -0.255. The zero-order valence-corrected chi connectivity index (χ0v) is 9.66. The van der Waals surface area contributed by atoms with Gasteiger partial charge in [0.25, 0.3) is 0 Å². The first-order valence-electron chi connectivity index (χ1n) is 5.12. The Morgan fingerprint density at radius 2 is 2.33 bits per heavy atom. The molecule has 1 aliphatic rings. The zero-order valence-electron chi connectivity index (χ0n) is 9.66. The maximum Gasteiger partial charge on any atom is 0.410 e. The first-order valence-corrected chi connectivity index (χ1v) is 5.12. The Kier molecular flexibility index (Phi) is 3.74. The lowest BCUT2D eigenvalue weighted by Gasteiger charge is -2.29. The number of nitrogens with zero attached hydrogens (tertiary/aromatic N) is 1. The number of ether oxygens (including phenoxy) is 2. The van der Waals surface area contributed by atoms with Crippen molar-refractivity contribution in [3.8, 4) is 0 Å². The molecule has 1 atom stereocenters. The molecule has 0 radical (unpaired) electrons. The molecule has 15 heavy (non-hydrogen) atoms. The summed E-state index contributed by atoms with van der Waals surface area (Å²) < 4.78 is 10.4. The molecule has 1 amide bonds. The molecular formula is C11H19NO3. The van der Waals surface area contributed by atoms with Crippen molar-refractivity contribution in [3.63, 3.8) is 0 Å². The molecule has 0 saturated carbocycles. The van der Waals surface area contributed by atoms with Gasteiger partial charge in [0.15, 0.2) is 0 Å². The van der Waals surface area contributed by atoms with Gasteiger partial charge in [0.1, 0.15) is 6.10 Å². The van der Waals surface area contributed by atoms with Crippen LogP contribution in [0.5, 0.6) is 0 Å². The van der Waals surface area contributed by atoms with Gasteiger partial charge in [-0.05, 0) is 20.8 Å². The van der Waals surface area contributed by atoms with Gasteiger partial charge < -0.3 is 9.47 Å². The maximum atomic E-state index is 11.5. The second-order valence-corrected chi connectivity index (χ2v) is 4.61. The van der Waals surface area contributed by atoms with Gasteiger partial charge in [-0.25, -0.2) is 4.79 Å². The van der Waals surface area contributed by atoms with Crippen LogP contribution in [-0.4, -0.2) is 42.4 Å². The van der Waals surface area contributed by atoms with E-state index in [0.29, 0.717) is 19.8 Å². The topological polar surface area (TPSA) is 38.8 Å². The summed E-state index contributed by atoms with van der Waals surface area (Å²) in [6.45, 7) is 11.0. The van der Waals surface area contributed by atoms with Crippen molar-refractivity contribution < 1.29 is 14.3 Å². The van der Waals surface area contributed by atoms with Crippen LogP contribution in [0.2, 0.25) is 0 Å². The summed E-state index contributed by atoms with van der Waals surface area (Å²) in [5, 5.41) is 0. The fourth-order valence-electron chi connectivity index (χ4n) is 1.44. The highest BCUT2D eigenvalue weighted by molar-refractivity contribution is 5.70. The standard InChI is InChI=1S/C11H19NO3/c1-5-6-14-8-9-7-12(10(13)15-9)11(2,3)4/h5,9H,1,6-8H2,2-4H3. The molecule has 0 aliphatic carbocycles. The van der Waals surface area contributed by atoms with Gasteiger partial charge in [-0.2, -0.15) is 0 Å². The second kappa shape index (κ2) is 4.66. The molecule has 0 aromatic carbocycles. The van der Waals surface area contributed by atoms with E-state index in [9.17, 15) is 4.79 Å². The van der Waals surface area contributed by atoms with Gasteiger partial charge >= 0.3 is 6.09 Å². The maximum absolute atomic E-state index is 11.5. The van der Waals surface area contributed by atoms with Gasteiger partial charge in [-0.15, -0.1) is 6.58 Å². The van der Waals surface area contributed by atoms with E-state index in [1.807, 2.05) is 20.8 Å². The molecule has 86 valence electrons. The smallest absolute Gasteiger partial charge is 0.410 e. The lowest BCUT2D eigenvalue weighted by Crippen LogP contribution is -2.42. The van der Waals surface area contributed by atoms with Crippen LogP contribution in [0, 0.1) is 0 Å². The van der Waals surface area contributed by atoms with E-state index in [-0.39, 0.29) is 17.7 Å². The van der Waals surface area contributed by atoms with E-state index in [4.69, 9.17) is 9.47 Å². The van der Waals surface area contributed by atoms with E-state index >= 15 is 0 Å². The minimum absolute atomic E-state index is 0.156. The largest absolute Gasteiger partial charge is 0.442 e. The Labute approximate surface area is 90.8 Å². The number of carbonyl (C=O) groups is 1. The molecule has 1 saturated heterocycles. The molecule has 0 bridgehead atoms. The van der Waals surface area contributed by atoms with E-state index in [1.54, 1.807) is 11.0 Å². The second-order valence-electron chi connectivity index (χ2n) is 4.61. The summed E-state index contributed by atoms with van der Waals surface area (Å²) in [7, 11) is 0. The Morgan fingerprint density at radius 3 is 2.80 bits per heavy atom. The average Bonchev–Trinajstić information content (AvgIpc) is 2.47. The van der Waals surface area contributed by atoms with Crippen molar-refractivity contribution in [1.82, 2.24) is 4.90 Å². The zero-order chi connectivity index (χ0) is 11.5. The molecule has 1 heterocycles. The molecule has 1 aliphatic heterocycles. The quantitative estimate of drug-likeness (QED) is 0.528. The predicted molar refractivity (Wildman–Crippen MR) is 57.7 cm³/mol. The molecule has 4 nitrogen and oxygen atoms in total. The first kappa shape index (κ1) is 12.0. The third kappa shape index (κ3) is 3.23. The average molecular weight is 213 g/mol. The molecule has 0 spiro atoms. The van der Waals surface area contributed by atoms with Crippen LogP contribution in [0.25, 0.3) is 0 Å². The van der Waals surface area contributed by atoms with Crippen molar-refractivity contribution in [1.29, 1.82) is 0 Å². The molecule has 1 fully saturated rings. The lowest BCUT2D eigenvalue weighted by atomic mass is 10.1. The third-order valence-electron chi connectivity index (χ3n) is 2.22. The van der Waals surface area contributed by atoms with Crippen LogP contribution < -0.4 is 0 Å². The number of cyclic esters (lactones) is 1. The number of carbonyl (C=O) groups excluding carboxylic acids is 1. The summed E-state index contributed by atoms with van der Waals surface area (Å²) in [4.78, 5) is 13.2. The number of hydrogen-bond donors (Lipinski definition) is 0.